The van der Waals surface area contributed by atoms with Crippen LogP contribution in [0.25, 0.3) is 0 Å². The average molecular weight is 253 g/mol. The van der Waals surface area contributed by atoms with Gasteiger partial charge in [-0.1, -0.05) is 11.8 Å². The van der Waals surface area contributed by atoms with Crippen molar-refractivity contribution in [2.75, 3.05) is 32.1 Å². The molecule has 0 aromatic carbocycles. The van der Waals surface area contributed by atoms with E-state index in [4.69, 9.17) is 4.74 Å². The molecule has 4 nitrogen and oxygen atoms in total. The molecule has 1 aliphatic heterocycles. The number of aromatic nitrogens is 2. The van der Waals surface area contributed by atoms with Crippen LogP contribution in [0.4, 0.5) is 0 Å². The standard InChI is InChI=1S/C12H19N3OS/c1-10-6-14-12(15-7-10)17-5-3-13-8-11-2-4-16-9-11/h6-7,11,13H,2-5,8-9H2,1H3. The van der Waals surface area contributed by atoms with Crippen molar-refractivity contribution in [3.8, 4) is 0 Å². The molecular weight excluding hydrogens is 234 g/mol. The highest BCUT2D eigenvalue weighted by Crippen LogP contribution is 2.12. The molecule has 1 aromatic heterocycles. The van der Waals surface area contributed by atoms with Gasteiger partial charge in [-0.15, -0.1) is 0 Å². The van der Waals surface area contributed by atoms with E-state index >= 15 is 0 Å². The number of nitrogens with one attached hydrogen (secondary N) is 1. The summed E-state index contributed by atoms with van der Waals surface area (Å²) in [5, 5.41) is 4.32. The van der Waals surface area contributed by atoms with E-state index in [1.165, 1.54) is 6.42 Å². The van der Waals surface area contributed by atoms with Crippen molar-refractivity contribution in [3.63, 3.8) is 0 Å². The second-order valence-corrected chi connectivity index (χ2v) is 5.39. The molecule has 1 aliphatic rings. The first-order chi connectivity index (χ1) is 8.34. The Balaban J connectivity index is 1.55. The first-order valence-electron chi connectivity index (χ1n) is 6.04. The van der Waals surface area contributed by atoms with Crippen LogP contribution >= 0.6 is 11.8 Å². The fraction of sp³-hybridized carbons (Fsp3) is 0.667. The maximum Gasteiger partial charge on any atom is 0.187 e. The highest BCUT2D eigenvalue weighted by atomic mass is 32.2. The van der Waals surface area contributed by atoms with Crippen LogP contribution in [0.5, 0.6) is 0 Å². The van der Waals surface area contributed by atoms with Crippen molar-refractivity contribution in [2.45, 2.75) is 18.5 Å². The van der Waals surface area contributed by atoms with Crippen LogP contribution in [-0.4, -0.2) is 42.0 Å². The van der Waals surface area contributed by atoms with Crippen molar-refractivity contribution in [1.29, 1.82) is 0 Å². The van der Waals surface area contributed by atoms with Crippen molar-refractivity contribution in [3.05, 3.63) is 18.0 Å². The maximum atomic E-state index is 5.33. The van der Waals surface area contributed by atoms with Gasteiger partial charge in [0.2, 0.25) is 0 Å². The zero-order valence-corrected chi connectivity index (χ0v) is 11.0. The largest absolute Gasteiger partial charge is 0.381 e. The van der Waals surface area contributed by atoms with Crippen molar-refractivity contribution < 1.29 is 4.74 Å². The highest BCUT2D eigenvalue weighted by molar-refractivity contribution is 7.99. The predicted molar refractivity (Wildman–Crippen MR) is 69.3 cm³/mol. The summed E-state index contributed by atoms with van der Waals surface area (Å²) in [7, 11) is 0. The number of hydrogen-bond donors (Lipinski definition) is 1. The predicted octanol–water partition coefficient (Wildman–Crippen LogP) is 1.50. The molecule has 0 aliphatic carbocycles. The minimum absolute atomic E-state index is 0.704. The zero-order valence-electron chi connectivity index (χ0n) is 10.2. The first kappa shape index (κ1) is 12.8. The molecule has 1 unspecified atom stereocenters. The van der Waals surface area contributed by atoms with E-state index in [1.54, 1.807) is 11.8 Å². The minimum atomic E-state index is 0.704. The molecule has 1 fully saturated rings. The maximum absolute atomic E-state index is 5.33. The van der Waals surface area contributed by atoms with E-state index in [2.05, 4.69) is 15.3 Å². The van der Waals surface area contributed by atoms with Gasteiger partial charge in [-0.25, -0.2) is 9.97 Å². The number of nitrogens with zero attached hydrogens (tertiary/aromatic N) is 2. The van der Waals surface area contributed by atoms with Crippen molar-refractivity contribution in [2.24, 2.45) is 5.92 Å². The highest BCUT2D eigenvalue weighted by Gasteiger charge is 2.14. The van der Waals surface area contributed by atoms with Crippen LogP contribution in [0, 0.1) is 12.8 Å². The molecule has 0 saturated carbocycles. The molecule has 0 radical (unpaired) electrons. The molecule has 94 valence electrons. The van der Waals surface area contributed by atoms with Crippen LogP contribution < -0.4 is 5.32 Å². The SMILES string of the molecule is Cc1cnc(SCCNCC2CCOC2)nc1. The van der Waals surface area contributed by atoms with Gasteiger partial charge >= 0.3 is 0 Å². The monoisotopic (exact) mass is 253 g/mol. The third-order valence-corrected chi connectivity index (χ3v) is 3.60. The summed E-state index contributed by atoms with van der Waals surface area (Å²) < 4.78 is 5.33. The van der Waals surface area contributed by atoms with E-state index in [-0.39, 0.29) is 0 Å². The molecule has 17 heavy (non-hydrogen) atoms. The molecular formula is C12H19N3OS. The Kier molecular flexibility index (Phi) is 5.22. The van der Waals surface area contributed by atoms with Crippen LogP contribution in [-0.2, 0) is 4.74 Å². The van der Waals surface area contributed by atoms with Crippen LogP contribution in [0.2, 0.25) is 0 Å². The van der Waals surface area contributed by atoms with Gasteiger partial charge in [-0.2, -0.15) is 0 Å². The van der Waals surface area contributed by atoms with Gasteiger partial charge in [-0.3, -0.25) is 0 Å². The van der Waals surface area contributed by atoms with E-state index in [0.29, 0.717) is 5.92 Å². The minimum Gasteiger partial charge on any atom is -0.381 e. The van der Waals surface area contributed by atoms with Gasteiger partial charge in [0.15, 0.2) is 5.16 Å². The molecule has 1 aromatic rings. The summed E-state index contributed by atoms with van der Waals surface area (Å²) >= 11 is 1.70. The molecule has 2 rings (SSSR count). The summed E-state index contributed by atoms with van der Waals surface area (Å²) in [6, 6.07) is 0. The Morgan fingerprint density at radius 2 is 2.29 bits per heavy atom. The smallest absolute Gasteiger partial charge is 0.187 e. The Hall–Kier alpha value is -0.650. The lowest BCUT2D eigenvalue weighted by Crippen LogP contribution is -2.25. The summed E-state index contributed by atoms with van der Waals surface area (Å²) in [5.74, 6) is 1.71. The molecule has 2 heterocycles. The van der Waals surface area contributed by atoms with Gasteiger partial charge in [0.25, 0.3) is 0 Å². The van der Waals surface area contributed by atoms with Gasteiger partial charge in [0.1, 0.15) is 0 Å². The van der Waals surface area contributed by atoms with E-state index in [0.717, 1.165) is 42.8 Å². The lowest BCUT2D eigenvalue weighted by atomic mass is 10.1. The number of rotatable bonds is 6. The number of hydrogen-bond acceptors (Lipinski definition) is 5. The third kappa shape index (κ3) is 4.61. The molecule has 0 spiro atoms. The quantitative estimate of drug-likeness (QED) is 0.473. The Bertz CT molecular complexity index is 325. The van der Waals surface area contributed by atoms with Crippen LogP contribution in [0.1, 0.15) is 12.0 Å². The van der Waals surface area contributed by atoms with Crippen LogP contribution in [0.3, 0.4) is 0 Å². The first-order valence-corrected chi connectivity index (χ1v) is 7.03. The Morgan fingerprint density at radius 3 is 3.00 bits per heavy atom. The van der Waals surface area contributed by atoms with Gasteiger partial charge in [0, 0.05) is 37.8 Å². The Labute approximate surface area is 107 Å². The summed E-state index contributed by atoms with van der Waals surface area (Å²) in [6.07, 6.45) is 4.92. The second kappa shape index (κ2) is 6.93. The molecule has 0 bridgehead atoms. The Morgan fingerprint density at radius 1 is 1.47 bits per heavy atom. The van der Waals surface area contributed by atoms with Gasteiger partial charge in [0.05, 0.1) is 6.61 Å². The fourth-order valence-corrected chi connectivity index (χ4v) is 2.40. The molecule has 1 saturated heterocycles. The van der Waals surface area contributed by atoms with E-state index < -0.39 is 0 Å². The van der Waals surface area contributed by atoms with Crippen molar-refractivity contribution >= 4 is 11.8 Å². The molecule has 0 amide bonds. The normalized spacial score (nSPS) is 19.7. The zero-order chi connectivity index (χ0) is 11.9. The summed E-state index contributed by atoms with van der Waals surface area (Å²) in [4.78, 5) is 8.51. The van der Waals surface area contributed by atoms with E-state index in [1.807, 2.05) is 19.3 Å². The lowest BCUT2D eigenvalue weighted by molar-refractivity contribution is 0.185. The molecule has 1 atom stereocenters. The molecule has 1 N–H and O–H groups in total. The van der Waals surface area contributed by atoms with Crippen molar-refractivity contribution in [1.82, 2.24) is 15.3 Å². The fourth-order valence-electron chi connectivity index (χ4n) is 1.72. The second-order valence-electron chi connectivity index (χ2n) is 4.33. The van der Waals surface area contributed by atoms with Crippen LogP contribution in [0.15, 0.2) is 17.6 Å². The number of aryl methyl sites for hydroxylation is 1. The van der Waals surface area contributed by atoms with Gasteiger partial charge < -0.3 is 10.1 Å². The summed E-state index contributed by atoms with van der Waals surface area (Å²) in [6.45, 7) is 5.91. The van der Waals surface area contributed by atoms with E-state index in [9.17, 15) is 0 Å². The topological polar surface area (TPSA) is 47.0 Å². The third-order valence-electron chi connectivity index (χ3n) is 2.72. The summed E-state index contributed by atoms with van der Waals surface area (Å²) in [5.41, 5.74) is 1.11. The average Bonchev–Trinajstić information content (AvgIpc) is 2.84. The number of ether oxygens (including phenoxy) is 1. The lowest BCUT2D eigenvalue weighted by Gasteiger charge is -2.08. The van der Waals surface area contributed by atoms with Gasteiger partial charge in [-0.05, 0) is 24.8 Å². The number of thioether (sulfide) groups is 1. The molecule has 5 heteroatoms.